The van der Waals surface area contributed by atoms with E-state index in [2.05, 4.69) is 4.98 Å². The van der Waals surface area contributed by atoms with Gasteiger partial charge in [0.2, 0.25) is 5.91 Å². The molecule has 160 valence electrons. The fourth-order valence-electron chi connectivity index (χ4n) is 4.02. The topological polar surface area (TPSA) is 47.4 Å². The van der Waals surface area contributed by atoms with Gasteiger partial charge in [-0.2, -0.15) is 0 Å². The quantitative estimate of drug-likeness (QED) is 0.541. The van der Waals surface area contributed by atoms with Crippen LogP contribution >= 0.6 is 0 Å². The highest BCUT2D eigenvalue weighted by Crippen LogP contribution is 2.31. The number of aromatic nitrogens is 2. The molecule has 2 aromatic carbocycles. The highest BCUT2D eigenvalue weighted by molar-refractivity contribution is 5.98. The first-order chi connectivity index (χ1) is 15.0. The molecule has 0 radical (unpaired) electrons. The number of carbonyl (C=O) groups is 1. The van der Waals surface area contributed by atoms with Gasteiger partial charge in [-0.3, -0.25) is 4.79 Å². The van der Waals surface area contributed by atoms with Gasteiger partial charge in [0.15, 0.2) is 0 Å². The predicted molar refractivity (Wildman–Crippen MR) is 119 cm³/mol. The second-order valence-corrected chi connectivity index (χ2v) is 7.83. The molecule has 1 aliphatic rings. The van der Waals surface area contributed by atoms with Crippen molar-refractivity contribution in [3.05, 3.63) is 83.2 Å². The lowest BCUT2D eigenvalue weighted by Gasteiger charge is -2.34. The zero-order chi connectivity index (χ0) is 22.0. The number of hydrogen-bond acceptors (Lipinski definition) is 3. The Morgan fingerprint density at radius 2 is 2.00 bits per heavy atom. The molecule has 1 saturated heterocycles. The summed E-state index contributed by atoms with van der Waals surface area (Å²) in [5.74, 6) is 0.0642. The van der Waals surface area contributed by atoms with Crippen molar-refractivity contribution in [2.45, 2.75) is 32.7 Å². The summed E-state index contributed by atoms with van der Waals surface area (Å²) in [6.07, 6.45) is 6.56. The van der Waals surface area contributed by atoms with Gasteiger partial charge in [-0.15, -0.1) is 0 Å². The van der Waals surface area contributed by atoms with E-state index >= 15 is 4.39 Å². The lowest BCUT2D eigenvalue weighted by Crippen LogP contribution is -2.38. The zero-order valence-corrected chi connectivity index (χ0v) is 18.0. The number of carbonyl (C=O) groups excluding carboxylic acids is 1. The van der Waals surface area contributed by atoms with E-state index in [1.54, 1.807) is 30.1 Å². The van der Waals surface area contributed by atoms with Crippen LogP contribution in [0.1, 0.15) is 42.6 Å². The largest absolute Gasteiger partial charge is 0.495 e. The molecular formula is C25H26FN3O2. The average Bonchev–Trinajstić information content (AvgIpc) is 3.22. The monoisotopic (exact) mass is 419 g/mol. The minimum Gasteiger partial charge on any atom is -0.495 e. The van der Waals surface area contributed by atoms with E-state index in [-0.39, 0.29) is 11.9 Å². The van der Waals surface area contributed by atoms with Crippen molar-refractivity contribution in [3.63, 3.8) is 0 Å². The maximum atomic E-state index is 15.0. The Morgan fingerprint density at radius 3 is 2.68 bits per heavy atom. The summed E-state index contributed by atoms with van der Waals surface area (Å²) < 4.78 is 22.2. The highest BCUT2D eigenvalue weighted by atomic mass is 19.1. The van der Waals surface area contributed by atoms with E-state index in [1.807, 2.05) is 55.3 Å². The second-order valence-electron chi connectivity index (χ2n) is 7.83. The number of piperidine rings is 1. The third-order valence-electron chi connectivity index (χ3n) is 5.75. The summed E-state index contributed by atoms with van der Waals surface area (Å²) in [4.78, 5) is 19.3. The van der Waals surface area contributed by atoms with Crippen LogP contribution in [0.5, 0.6) is 5.75 Å². The Kier molecular flexibility index (Phi) is 5.89. The molecule has 0 saturated carbocycles. The van der Waals surface area contributed by atoms with Crippen molar-refractivity contribution in [1.82, 2.24) is 14.5 Å². The molecule has 1 atom stereocenters. The van der Waals surface area contributed by atoms with Gasteiger partial charge in [-0.1, -0.05) is 30.3 Å². The van der Waals surface area contributed by atoms with Gasteiger partial charge in [0, 0.05) is 29.9 Å². The van der Waals surface area contributed by atoms with Crippen LogP contribution in [-0.2, 0) is 4.79 Å². The van der Waals surface area contributed by atoms with E-state index in [9.17, 15) is 4.79 Å². The van der Waals surface area contributed by atoms with Crippen LogP contribution < -0.4 is 4.74 Å². The van der Waals surface area contributed by atoms with Crippen LogP contribution in [0.2, 0.25) is 0 Å². The van der Waals surface area contributed by atoms with Crippen molar-refractivity contribution in [2.75, 3.05) is 13.7 Å². The van der Waals surface area contributed by atoms with Crippen molar-refractivity contribution in [2.24, 2.45) is 0 Å². The first-order valence-corrected chi connectivity index (χ1v) is 10.4. The Morgan fingerprint density at radius 1 is 1.23 bits per heavy atom. The first kappa shape index (κ1) is 20.8. The SMILES string of the molecule is COc1cc(C=C2CCCN([C@@H](C)c3ccccc3)C2=O)c(F)cc1-n1cnc(C)c1. The average molecular weight is 420 g/mol. The number of hydrogen-bond donors (Lipinski definition) is 0. The summed E-state index contributed by atoms with van der Waals surface area (Å²) in [5, 5.41) is 0. The summed E-state index contributed by atoms with van der Waals surface area (Å²) in [6.45, 7) is 4.59. The van der Waals surface area contributed by atoms with Crippen molar-refractivity contribution in [1.29, 1.82) is 0 Å². The molecule has 2 heterocycles. The lowest BCUT2D eigenvalue weighted by atomic mass is 9.97. The van der Waals surface area contributed by atoms with E-state index < -0.39 is 5.82 Å². The normalized spacial score (nSPS) is 16.6. The molecule has 0 aliphatic carbocycles. The van der Waals surface area contributed by atoms with E-state index in [0.717, 1.165) is 17.7 Å². The lowest BCUT2D eigenvalue weighted by molar-refractivity contribution is -0.130. The van der Waals surface area contributed by atoms with E-state index in [0.29, 0.717) is 35.5 Å². The Labute approximate surface area is 181 Å². The molecule has 1 aliphatic heterocycles. The number of rotatable bonds is 5. The van der Waals surface area contributed by atoms with Gasteiger partial charge < -0.3 is 14.2 Å². The molecule has 1 fully saturated rings. The zero-order valence-electron chi connectivity index (χ0n) is 18.0. The molecule has 0 spiro atoms. The molecular weight excluding hydrogens is 393 g/mol. The minimum absolute atomic E-state index is 0.0383. The molecule has 1 aromatic heterocycles. The maximum Gasteiger partial charge on any atom is 0.250 e. The Bertz CT molecular complexity index is 1120. The number of imidazole rings is 1. The van der Waals surface area contributed by atoms with Crippen LogP contribution in [0.3, 0.4) is 0 Å². The van der Waals surface area contributed by atoms with Crippen LogP contribution in [0.15, 0.2) is 60.6 Å². The minimum atomic E-state index is -0.407. The molecule has 5 nitrogen and oxygen atoms in total. The smallest absolute Gasteiger partial charge is 0.250 e. The molecule has 0 unspecified atom stereocenters. The number of ether oxygens (including phenoxy) is 1. The molecule has 6 heteroatoms. The fourth-order valence-corrected chi connectivity index (χ4v) is 4.02. The molecule has 1 amide bonds. The molecule has 3 aromatic rings. The van der Waals surface area contributed by atoms with E-state index in [4.69, 9.17) is 4.74 Å². The van der Waals surface area contributed by atoms with Crippen molar-refractivity contribution in [3.8, 4) is 11.4 Å². The standard InChI is InChI=1S/C25H26FN3O2/c1-17-15-28(16-27-17)23-14-22(26)21(13-24(23)31-3)12-20-10-7-11-29(25(20)30)18(2)19-8-5-4-6-9-19/h4-6,8-9,12-16,18H,7,10-11H2,1-3H3/t18-/m0/s1. The number of likely N-dealkylation sites (tertiary alicyclic amines) is 1. The van der Waals surface area contributed by atoms with Gasteiger partial charge in [0.1, 0.15) is 11.6 Å². The van der Waals surface area contributed by atoms with Crippen LogP contribution in [0.4, 0.5) is 4.39 Å². The van der Waals surface area contributed by atoms with Gasteiger partial charge in [-0.25, -0.2) is 9.37 Å². The summed E-state index contributed by atoms with van der Waals surface area (Å²) in [6, 6.07) is 13.0. The van der Waals surface area contributed by atoms with Gasteiger partial charge in [0.25, 0.3) is 0 Å². The first-order valence-electron chi connectivity index (χ1n) is 10.4. The number of amides is 1. The predicted octanol–water partition coefficient (Wildman–Crippen LogP) is 5.10. The van der Waals surface area contributed by atoms with E-state index in [1.165, 1.54) is 6.07 Å². The third-order valence-corrected chi connectivity index (χ3v) is 5.75. The van der Waals surface area contributed by atoms with Crippen LogP contribution in [0.25, 0.3) is 11.8 Å². The van der Waals surface area contributed by atoms with Gasteiger partial charge in [0.05, 0.1) is 30.9 Å². The maximum absolute atomic E-state index is 15.0. The molecule has 0 N–H and O–H groups in total. The Balaban J connectivity index is 1.65. The number of methoxy groups -OCH3 is 1. The number of nitrogens with zero attached hydrogens (tertiary/aromatic N) is 3. The van der Waals surface area contributed by atoms with Crippen LogP contribution in [0, 0.1) is 12.7 Å². The molecule has 4 rings (SSSR count). The Hall–Kier alpha value is -3.41. The third kappa shape index (κ3) is 4.24. The summed E-state index contributed by atoms with van der Waals surface area (Å²) in [5.41, 5.74) is 3.44. The second kappa shape index (κ2) is 8.76. The van der Waals surface area contributed by atoms with Crippen LogP contribution in [-0.4, -0.2) is 34.0 Å². The number of halogens is 1. The van der Waals surface area contributed by atoms with Crippen molar-refractivity contribution >= 4 is 12.0 Å². The van der Waals surface area contributed by atoms with Crippen molar-refractivity contribution < 1.29 is 13.9 Å². The van der Waals surface area contributed by atoms with Gasteiger partial charge in [-0.05, 0) is 44.4 Å². The highest BCUT2D eigenvalue weighted by Gasteiger charge is 2.28. The molecule has 31 heavy (non-hydrogen) atoms. The molecule has 0 bridgehead atoms. The summed E-state index contributed by atoms with van der Waals surface area (Å²) >= 11 is 0. The van der Waals surface area contributed by atoms with Gasteiger partial charge >= 0.3 is 0 Å². The summed E-state index contributed by atoms with van der Waals surface area (Å²) in [7, 11) is 1.55. The number of benzene rings is 2. The number of aryl methyl sites for hydroxylation is 1. The fraction of sp³-hybridized carbons (Fsp3) is 0.280.